The Morgan fingerprint density at radius 1 is 1.41 bits per heavy atom. The Morgan fingerprint density at radius 3 is 2.73 bits per heavy atom. The molecule has 0 unspecified atom stereocenters. The van der Waals surface area contributed by atoms with E-state index in [1.165, 1.54) is 7.11 Å². The normalized spacial score (nSPS) is 18.4. The van der Waals surface area contributed by atoms with Gasteiger partial charge in [0.1, 0.15) is 12.1 Å². The highest BCUT2D eigenvalue weighted by atomic mass is 16.5. The highest BCUT2D eigenvalue weighted by molar-refractivity contribution is 5.93. The molecular weight excluding hydrogens is 284 g/mol. The molecule has 0 bridgehead atoms. The fourth-order valence-corrected chi connectivity index (χ4v) is 2.46. The van der Waals surface area contributed by atoms with Gasteiger partial charge in [-0.2, -0.15) is 0 Å². The Morgan fingerprint density at radius 2 is 2.14 bits per heavy atom. The van der Waals surface area contributed by atoms with Crippen molar-refractivity contribution in [1.29, 1.82) is 0 Å². The number of rotatable bonds is 10. The second kappa shape index (κ2) is 9.97. The van der Waals surface area contributed by atoms with Crippen LogP contribution < -0.4 is 10.6 Å². The number of unbranched alkanes of at least 4 members (excludes halogenated alkanes) is 4. The number of methoxy groups -OCH3 is 1. The zero-order valence-electron chi connectivity index (χ0n) is 13.2. The summed E-state index contributed by atoms with van der Waals surface area (Å²) in [5.74, 6) is -0.881. The van der Waals surface area contributed by atoms with E-state index in [0.29, 0.717) is 19.3 Å². The first kappa shape index (κ1) is 18.2. The summed E-state index contributed by atoms with van der Waals surface area (Å²) >= 11 is 0. The van der Waals surface area contributed by atoms with Gasteiger partial charge in [0, 0.05) is 6.42 Å². The van der Waals surface area contributed by atoms with E-state index in [0.717, 1.165) is 32.1 Å². The molecule has 1 saturated heterocycles. The summed E-state index contributed by atoms with van der Waals surface area (Å²) in [4.78, 5) is 34.9. The molecule has 1 aliphatic rings. The average Bonchev–Trinajstić information content (AvgIpc) is 2.95. The summed E-state index contributed by atoms with van der Waals surface area (Å²) in [6, 6.07) is -1.18. The number of allylic oxidation sites excluding steroid dienone is 1. The molecule has 6 nitrogen and oxygen atoms in total. The van der Waals surface area contributed by atoms with Crippen LogP contribution in [0.15, 0.2) is 12.7 Å². The molecule has 0 saturated carbocycles. The zero-order valence-corrected chi connectivity index (χ0v) is 13.2. The molecule has 0 aromatic carbocycles. The van der Waals surface area contributed by atoms with Crippen LogP contribution in [0, 0.1) is 0 Å². The van der Waals surface area contributed by atoms with E-state index in [1.54, 1.807) is 0 Å². The van der Waals surface area contributed by atoms with E-state index in [1.807, 2.05) is 6.08 Å². The van der Waals surface area contributed by atoms with Crippen LogP contribution in [0.2, 0.25) is 0 Å². The van der Waals surface area contributed by atoms with E-state index >= 15 is 0 Å². The first-order chi connectivity index (χ1) is 10.6. The number of hydrogen-bond donors (Lipinski definition) is 2. The quantitative estimate of drug-likeness (QED) is 0.363. The minimum atomic E-state index is -0.644. The highest BCUT2D eigenvalue weighted by Crippen LogP contribution is 2.11. The third kappa shape index (κ3) is 6.28. The number of esters is 1. The van der Waals surface area contributed by atoms with Crippen molar-refractivity contribution < 1.29 is 19.1 Å². The predicted molar refractivity (Wildman–Crippen MR) is 83.0 cm³/mol. The highest BCUT2D eigenvalue weighted by Gasteiger charge is 2.30. The lowest BCUT2D eigenvalue weighted by Crippen LogP contribution is -2.49. The molecule has 124 valence electrons. The zero-order chi connectivity index (χ0) is 16.4. The number of amides is 2. The van der Waals surface area contributed by atoms with Gasteiger partial charge in [0.2, 0.25) is 11.8 Å². The van der Waals surface area contributed by atoms with Gasteiger partial charge >= 0.3 is 5.97 Å². The maximum Gasteiger partial charge on any atom is 0.328 e. The van der Waals surface area contributed by atoms with Gasteiger partial charge in [0.05, 0.1) is 7.11 Å². The Labute approximate surface area is 131 Å². The van der Waals surface area contributed by atoms with E-state index in [4.69, 9.17) is 4.74 Å². The standard InChI is InChI=1S/C16H26N2O4/c1-3-4-5-6-7-8-9-13(16(21)22-2)18-15(20)12-10-11-14(19)17-12/h3,12-13H,1,4-11H2,2H3,(H,17,19)(H,18,20)/t12-,13-/m0/s1. The first-order valence-corrected chi connectivity index (χ1v) is 7.87. The number of carbonyl (C=O) groups is 3. The summed E-state index contributed by atoms with van der Waals surface area (Å²) in [6.45, 7) is 3.68. The van der Waals surface area contributed by atoms with Crippen molar-refractivity contribution in [3.05, 3.63) is 12.7 Å². The molecule has 2 atom stereocenters. The molecule has 0 aromatic heterocycles. The molecule has 0 aliphatic carbocycles. The molecule has 6 heteroatoms. The molecule has 2 amide bonds. The van der Waals surface area contributed by atoms with E-state index in [-0.39, 0.29) is 11.8 Å². The smallest absolute Gasteiger partial charge is 0.328 e. The number of ether oxygens (including phenoxy) is 1. The molecule has 1 fully saturated rings. The number of nitrogens with one attached hydrogen (secondary N) is 2. The van der Waals surface area contributed by atoms with Gasteiger partial charge in [0.15, 0.2) is 0 Å². The number of hydrogen-bond acceptors (Lipinski definition) is 4. The van der Waals surface area contributed by atoms with Crippen molar-refractivity contribution in [3.63, 3.8) is 0 Å². The summed E-state index contributed by atoms with van der Waals surface area (Å²) in [5.41, 5.74) is 0. The molecular formula is C16H26N2O4. The molecule has 2 N–H and O–H groups in total. The minimum Gasteiger partial charge on any atom is -0.467 e. The van der Waals surface area contributed by atoms with Crippen LogP contribution in [0.4, 0.5) is 0 Å². The Kier molecular flexibility index (Phi) is 8.25. The largest absolute Gasteiger partial charge is 0.467 e. The van der Waals surface area contributed by atoms with Crippen molar-refractivity contribution >= 4 is 17.8 Å². The second-order valence-electron chi connectivity index (χ2n) is 5.52. The van der Waals surface area contributed by atoms with Gasteiger partial charge in [-0.25, -0.2) is 4.79 Å². The van der Waals surface area contributed by atoms with Crippen LogP contribution in [0.3, 0.4) is 0 Å². The lowest BCUT2D eigenvalue weighted by atomic mass is 10.1. The van der Waals surface area contributed by atoms with Crippen molar-refractivity contribution in [2.24, 2.45) is 0 Å². The van der Waals surface area contributed by atoms with E-state index in [9.17, 15) is 14.4 Å². The fraction of sp³-hybridized carbons (Fsp3) is 0.688. The van der Waals surface area contributed by atoms with Crippen molar-refractivity contribution in [2.45, 2.75) is 63.5 Å². The summed E-state index contributed by atoms with van der Waals surface area (Å²) in [5, 5.41) is 5.28. The molecule has 0 aromatic rings. The maximum absolute atomic E-state index is 12.1. The third-order valence-corrected chi connectivity index (χ3v) is 3.77. The molecule has 22 heavy (non-hydrogen) atoms. The SMILES string of the molecule is C=CCCCCCC[C@H](NC(=O)[C@@H]1CCC(=O)N1)C(=O)OC. The molecule has 0 spiro atoms. The van der Waals surface area contributed by atoms with E-state index < -0.39 is 18.1 Å². The second-order valence-corrected chi connectivity index (χ2v) is 5.52. The van der Waals surface area contributed by atoms with Gasteiger partial charge in [-0.05, 0) is 25.7 Å². The van der Waals surface area contributed by atoms with Gasteiger partial charge in [-0.3, -0.25) is 9.59 Å². The Bertz CT molecular complexity index is 409. The number of carbonyl (C=O) groups excluding carboxylic acids is 3. The van der Waals surface area contributed by atoms with Crippen LogP contribution in [-0.2, 0) is 19.1 Å². The first-order valence-electron chi connectivity index (χ1n) is 7.87. The lowest BCUT2D eigenvalue weighted by Gasteiger charge is -2.18. The van der Waals surface area contributed by atoms with E-state index in [2.05, 4.69) is 17.2 Å². The summed E-state index contributed by atoms with van der Waals surface area (Å²) < 4.78 is 4.74. The fourth-order valence-electron chi connectivity index (χ4n) is 2.46. The average molecular weight is 310 g/mol. The topological polar surface area (TPSA) is 84.5 Å². The third-order valence-electron chi connectivity index (χ3n) is 3.77. The van der Waals surface area contributed by atoms with Gasteiger partial charge in [-0.1, -0.05) is 25.3 Å². The van der Waals surface area contributed by atoms with Gasteiger partial charge in [0.25, 0.3) is 0 Å². The van der Waals surface area contributed by atoms with Gasteiger partial charge < -0.3 is 15.4 Å². The summed E-state index contributed by atoms with van der Waals surface area (Å²) in [7, 11) is 1.31. The van der Waals surface area contributed by atoms with Crippen LogP contribution in [0.5, 0.6) is 0 Å². The predicted octanol–water partition coefficient (Wildman–Crippen LogP) is 1.45. The maximum atomic E-state index is 12.1. The van der Waals surface area contributed by atoms with Crippen molar-refractivity contribution in [2.75, 3.05) is 7.11 Å². The van der Waals surface area contributed by atoms with Crippen LogP contribution >= 0.6 is 0 Å². The minimum absolute atomic E-state index is 0.128. The Balaban J connectivity index is 2.36. The monoisotopic (exact) mass is 310 g/mol. The van der Waals surface area contributed by atoms with Crippen LogP contribution in [0.25, 0.3) is 0 Å². The lowest BCUT2D eigenvalue weighted by molar-refractivity contribution is -0.145. The molecule has 1 aliphatic heterocycles. The van der Waals surface area contributed by atoms with Crippen LogP contribution in [-0.4, -0.2) is 37.0 Å². The van der Waals surface area contributed by atoms with Crippen molar-refractivity contribution in [1.82, 2.24) is 10.6 Å². The van der Waals surface area contributed by atoms with Gasteiger partial charge in [-0.15, -0.1) is 6.58 Å². The van der Waals surface area contributed by atoms with Crippen LogP contribution in [0.1, 0.15) is 51.4 Å². The molecule has 1 rings (SSSR count). The summed E-state index contributed by atoms with van der Waals surface area (Å²) in [6.07, 6.45) is 8.27. The molecule has 0 radical (unpaired) electrons. The molecule has 1 heterocycles. The van der Waals surface area contributed by atoms with Crippen molar-refractivity contribution in [3.8, 4) is 0 Å². The Hall–Kier alpha value is -1.85.